The molecule has 1 unspecified atom stereocenters. The molecular weight excluding hydrogens is 356 g/mol. The van der Waals surface area contributed by atoms with E-state index in [0.717, 1.165) is 26.5 Å². The molecule has 0 radical (unpaired) electrons. The Morgan fingerprint density at radius 2 is 1.38 bits per heavy atom. The van der Waals surface area contributed by atoms with Crippen molar-refractivity contribution in [2.45, 2.75) is 51.6 Å². The van der Waals surface area contributed by atoms with Gasteiger partial charge in [0.15, 0.2) is 0 Å². The lowest BCUT2D eigenvalue weighted by Gasteiger charge is -2.27. The van der Waals surface area contributed by atoms with Crippen molar-refractivity contribution in [1.29, 1.82) is 0 Å². The summed E-state index contributed by atoms with van der Waals surface area (Å²) in [6, 6.07) is -2.33. The summed E-state index contributed by atoms with van der Waals surface area (Å²) in [7, 11) is 2.18. The number of amides is 2. The molecule has 2 amide bonds. The fraction of sp³-hybridized carbons (Fsp3) is 0.714. The highest BCUT2D eigenvalue weighted by Gasteiger charge is 2.33. The highest BCUT2D eigenvalue weighted by molar-refractivity contribution is 8.76. The van der Waals surface area contributed by atoms with Crippen molar-refractivity contribution in [3.8, 4) is 0 Å². The molecule has 8 nitrogen and oxygen atoms in total. The number of nitrogens with two attached hydrogens (primary N) is 1. The molecule has 2 atom stereocenters. The fourth-order valence-electron chi connectivity index (χ4n) is 1.72. The van der Waals surface area contributed by atoms with E-state index in [1.54, 1.807) is 13.8 Å². The topological polar surface area (TPSA) is 138 Å². The van der Waals surface area contributed by atoms with E-state index in [1.165, 1.54) is 0 Å². The number of carboxylic acid groups (broad SMARTS) is 2. The first-order valence-corrected chi connectivity index (χ1v) is 10.0. The van der Waals surface area contributed by atoms with Gasteiger partial charge in [0.1, 0.15) is 12.1 Å². The second kappa shape index (κ2) is 12.2. The number of aliphatic carboxylic acids is 2. The molecule has 24 heavy (non-hydrogen) atoms. The van der Waals surface area contributed by atoms with Crippen LogP contribution in [-0.4, -0.2) is 62.5 Å². The van der Waals surface area contributed by atoms with Crippen molar-refractivity contribution in [2.75, 3.05) is 11.5 Å². The summed E-state index contributed by atoms with van der Waals surface area (Å²) in [6.07, 6.45) is 1.22. The molecule has 10 heteroatoms. The van der Waals surface area contributed by atoms with Crippen LogP contribution in [-0.2, 0) is 19.2 Å². The minimum absolute atomic E-state index is 0.0305. The van der Waals surface area contributed by atoms with Gasteiger partial charge in [0.2, 0.25) is 11.8 Å². The van der Waals surface area contributed by atoms with E-state index in [9.17, 15) is 24.3 Å². The average Bonchev–Trinajstić information content (AvgIpc) is 2.49. The first kappa shape index (κ1) is 22.7. The van der Waals surface area contributed by atoms with Crippen LogP contribution in [0.1, 0.15) is 39.5 Å². The van der Waals surface area contributed by atoms with E-state index >= 15 is 0 Å². The van der Waals surface area contributed by atoms with Crippen molar-refractivity contribution in [3.05, 3.63) is 0 Å². The minimum Gasteiger partial charge on any atom is -0.480 e. The summed E-state index contributed by atoms with van der Waals surface area (Å²) < 4.78 is 0. The Balaban J connectivity index is 4.91. The van der Waals surface area contributed by atoms with Gasteiger partial charge in [0.05, 0.1) is 0 Å². The van der Waals surface area contributed by atoms with Crippen LogP contribution in [0.15, 0.2) is 0 Å². The molecule has 0 aromatic carbocycles. The maximum Gasteiger partial charge on any atom is 0.327 e. The van der Waals surface area contributed by atoms with Crippen LogP contribution in [0.5, 0.6) is 0 Å². The molecule has 0 saturated heterocycles. The number of rotatable bonds is 12. The van der Waals surface area contributed by atoms with E-state index in [4.69, 9.17) is 10.8 Å². The van der Waals surface area contributed by atoms with Gasteiger partial charge in [-0.1, -0.05) is 35.4 Å². The van der Waals surface area contributed by atoms with E-state index < -0.39 is 35.8 Å². The lowest BCUT2D eigenvalue weighted by atomic mass is 10.2. The Morgan fingerprint density at radius 3 is 1.75 bits per heavy atom. The molecule has 0 bridgehead atoms. The Bertz CT molecular complexity index is 443. The predicted octanol–water partition coefficient (Wildman–Crippen LogP) is 1.19. The summed E-state index contributed by atoms with van der Waals surface area (Å²) in [5.74, 6) is -3.35. The van der Waals surface area contributed by atoms with Gasteiger partial charge in [0.25, 0.3) is 0 Å². The molecule has 0 aliphatic heterocycles. The summed E-state index contributed by atoms with van der Waals surface area (Å²) in [6.45, 7) is 3.54. The molecule has 0 fully saturated rings. The first-order chi connectivity index (χ1) is 11.3. The number of hydrogen-bond acceptors (Lipinski definition) is 7. The lowest BCUT2D eigenvalue weighted by Crippen LogP contribution is -2.49. The van der Waals surface area contributed by atoms with E-state index in [-0.39, 0.29) is 24.3 Å². The number of hydrogen-bond donors (Lipinski definition) is 3. The Labute approximate surface area is 148 Å². The molecule has 0 heterocycles. The van der Waals surface area contributed by atoms with Crippen LogP contribution in [0, 0.1) is 0 Å². The average molecular weight is 380 g/mol. The van der Waals surface area contributed by atoms with Gasteiger partial charge < -0.3 is 15.9 Å². The maximum absolute atomic E-state index is 12.2. The summed E-state index contributed by atoms with van der Waals surface area (Å²) in [5.41, 5.74) is 5.36. The number of nitrogens with zero attached hydrogens (tertiary/aromatic N) is 1. The summed E-state index contributed by atoms with van der Waals surface area (Å²) in [4.78, 5) is 47.3. The second-order valence-electron chi connectivity index (χ2n) is 5.03. The standard InChI is InChI=1S/C14H24N2O6S2/c1-3-5-11(17)16(12(18)6-4-2)10(14(21)22)8-24-23-7-9(15)13(19)20/h9-10H,3-8,15H2,1-2H3,(H,19,20)(H,21,22)/t9?,10-/m0/s1. The first-order valence-electron chi connectivity index (χ1n) is 7.56. The van der Waals surface area contributed by atoms with Gasteiger partial charge in [-0.05, 0) is 12.8 Å². The van der Waals surface area contributed by atoms with E-state index in [0.29, 0.717) is 12.8 Å². The van der Waals surface area contributed by atoms with Gasteiger partial charge in [0, 0.05) is 24.3 Å². The van der Waals surface area contributed by atoms with Crippen molar-refractivity contribution < 1.29 is 29.4 Å². The molecule has 0 aliphatic rings. The monoisotopic (exact) mass is 380 g/mol. The van der Waals surface area contributed by atoms with Crippen LogP contribution >= 0.6 is 21.6 Å². The molecule has 0 aromatic rings. The fourth-order valence-corrected chi connectivity index (χ4v) is 4.02. The number of imide groups is 1. The molecule has 0 aliphatic carbocycles. The van der Waals surface area contributed by atoms with E-state index in [1.807, 2.05) is 0 Å². The van der Waals surface area contributed by atoms with Gasteiger partial charge in [-0.25, -0.2) is 4.79 Å². The largest absolute Gasteiger partial charge is 0.480 e. The molecule has 0 rings (SSSR count). The Morgan fingerprint density at radius 1 is 0.917 bits per heavy atom. The third-order valence-corrected chi connectivity index (χ3v) is 5.37. The minimum atomic E-state index is -1.28. The van der Waals surface area contributed by atoms with Crippen molar-refractivity contribution >= 4 is 45.3 Å². The highest BCUT2D eigenvalue weighted by Crippen LogP contribution is 2.25. The van der Waals surface area contributed by atoms with Crippen molar-refractivity contribution in [3.63, 3.8) is 0 Å². The molecule has 0 aromatic heterocycles. The summed E-state index contributed by atoms with van der Waals surface area (Å²) in [5, 5.41) is 18.1. The Hall–Kier alpha value is -1.26. The highest BCUT2D eigenvalue weighted by atomic mass is 33.1. The molecule has 138 valence electrons. The third kappa shape index (κ3) is 8.02. The number of carboxylic acids is 2. The van der Waals surface area contributed by atoms with Gasteiger partial charge >= 0.3 is 11.9 Å². The van der Waals surface area contributed by atoms with Crippen molar-refractivity contribution in [2.24, 2.45) is 5.73 Å². The summed E-state index contributed by atoms with van der Waals surface area (Å²) >= 11 is 0. The molecular formula is C14H24N2O6S2. The number of carbonyl (C=O) groups is 4. The van der Waals surface area contributed by atoms with Crippen LogP contribution in [0.3, 0.4) is 0 Å². The smallest absolute Gasteiger partial charge is 0.327 e. The zero-order chi connectivity index (χ0) is 18.7. The zero-order valence-corrected chi connectivity index (χ0v) is 15.4. The molecule has 4 N–H and O–H groups in total. The van der Waals surface area contributed by atoms with Crippen LogP contribution in [0.4, 0.5) is 0 Å². The third-order valence-electron chi connectivity index (χ3n) is 2.94. The Kier molecular flexibility index (Phi) is 11.5. The van der Waals surface area contributed by atoms with Gasteiger partial charge in [-0.3, -0.25) is 19.3 Å². The lowest BCUT2D eigenvalue weighted by molar-refractivity contribution is -0.157. The van der Waals surface area contributed by atoms with Gasteiger partial charge in [-0.15, -0.1) is 0 Å². The quantitative estimate of drug-likeness (QED) is 0.336. The maximum atomic E-state index is 12.2. The van der Waals surface area contributed by atoms with Crippen LogP contribution < -0.4 is 5.73 Å². The SMILES string of the molecule is CCCC(=O)N(C(=O)CCC)[C@@H](CSSCC(N)C(=O)O)C(=O)O. The predicted molar refractivity (Wildman–Crippen MR) is 93.6 cm³/mol. The molecule has 0 saturated carbocycles. The normalized spacial score (nSPS) is 13.1. The van der Waals surface area contributed by atoms with Crippen LogP contribution in [0.2, 0.25) is 0 Å². The van der Waals surface area contributed by atoms with Crippen LogP contribution in [0.25, 0.3) is 0 Å². The van der Waals surface area contributed by atoms with E-state index in [2.05, 4.69) is 0 Å². The number of carbonyl (C=O) groups excluding carboxylic acids is 2. The zero-order valence-electron chi connectivity index (χ0n) is 13.8. The molecule has 0 spiro atoms. The second-order valence-corrected chi connectivity index (χ2v) is 7.58. The van der Waals surface area contributed by atoms with Crippen molar-refractivity contribution in [1.82, 2.24) is 4.90 Å². The van der Waals surface area contributed by atoms with Gasteiger partial charge in [-0.2, -0.15) is 0 Å².